The number of rotatable bonds is 4. The van der Waals surface area contributed by atoms with Gasteiger partial charge in [0.05, 0.1) is 0 Å². The third kappa shape index (κ3) is 3.13. The third-order valence-electron chi connectivity index (χ3n) is 4.73. The first-order valence-electron chi connectivity index (χ1n) is 7.66. The molecule has 0 radical (unpaired) electrons. The number of nitrogens with one attached hydrogen (secondary N) is 1. The largest absolute Gasteiger partial charge is 0.369 e. The van der Waals surface area contributed by atoms with Crippen molar-refractivity contribution in [3.8, 4) is 0 Å². The van der Waals surface area contributed by atoms with E-state index in [-0.39, 0.29) is 5.82 Å². The first-order valence-corrected chi connectivity index (χ1v) is 7.66. The van der Waals surface area contributed by atoms with Crippen LogP contribution in [0.2, 0.25) is 0 Å². The fourth-order valence-electron chi connectivity index (χ4n) is 3.11. The van der Waals surface area contributed by atoms with Gasteiger partial charge in [-0.05, 0) is 49.2 Å². The number of halogens is 1. The Bertz CT molecular complexity index is 422. The van der Waals surface area contributed by atoms with Crippen LogP contribution in [-0.2, 0) is 0 Å². The van der Waals surface area contributed by atoms with Gasteiger partial charge in [-0.2, -0.15) is 0 Å². The fraction of sp³-hybridized carbons (Fsp3) is 0.625. The van der Waals surface area contributed by atoms with Crippen LogP contribution >= 0.6 is 0 Å². The smallest absolute Gasteiger partial charge is 0.123 e. The number of nitrogens with zero attached hydrogens (tertiary/aromatic N) is 2. The summed E-state index contributed by atoms with van der Waals surface area (Å²) in [4.78, 5) is 4.93. The monoisotopic (exact) mass is 277 g/mol. The Balaban J connectivity index is 1.47. The Hall–Kier alpha value is -1.13. The van der Waals surface area contributed by atoms with Crippen LogP contribution in [0, 0.1) is 17.7 Å². The molecule has 3 rings (SSSR count). The van der Waals surface area contributed by atoms with E-state index in [1.54, 1.807) is 12.1 Å². The van der Waals surface area contributed by atoms with Gasteiger partial charge in [0.1, 0.15) is 5.82 Å². The topological polar surface area (TPSA) is 18.5 Å². The highest BCUT2D eigenvalue weighted by molar-refractivity contribution is 5.46. The van der Waals surface area contributed by atoms with Gasteiger partial charge in [0.25, 0.3) is 0 Å². The Morgan fingerprint density at radius 2 is 1.80 bits per heavy atom. The zero-order chi connectivity index (χ0) is 13.9. The first-order chi connectivity index (χ1) is 9.72. The summed E-state index contributed by atoms with van der Waals surface area (Å²) in [6, 6.07) is 6.86. The van der Waals surface area contributed by atoms with E-state index in [1.807, 2.05) is 12.1 Å². The van der Waals surface area contributed by atoms with Gasteiger partial charge in [0.15, 0.2) is 0 Å². The van der Waals surface area contributed by atoms with E-state index in [2.05, 4.69) is 22.0 Å². The quantitative estimate of drug-likeness (QED) is 0.905. The second-order valence-electron chi connectivity index (χ2n) is 6.16. The number of anilines is 1. The lowest BCUT2D eigenvalue weighted by atomic mass is 9.88. The van der Waals surface area contributed by atoms with E-state index in [0.29, 0.717) is 0 Å². The standard InChI is InChI=1S/C16H24FN3/c1-13(14-10-18-11-14)12-19-6-8-20(9-7-19)16-4-2-15(17)3-5-16/h2-5,13-14,18H,6-12H2,1H3. The maximum Gasteiger partial charge on any atom is 0.123 e. The molecule has 2 heterocycles. The Morgan fingerprint density at radius 1 is 1.15 bits per heavy atom. The molecule has 0 amide bonds. The summed E-state index contributed by atoms with van der Waals surface area (Å²) in [7, 11) is 0. The molecule has 110 valence electrons. The molecule has 3 nitrogen and oxygen atoms in total. The average molecular weight is 277 g/mol. The van der Waals surface area contributed by atoms with Crippen LogP contribution in [0.15, 0.2) is 24.3 Å². The van der Waals surface area contributed by atoms with Crippen LogP contribution in [0.1, 0.15) is 6.92 Å². The molecule has 2 saturated heterocycles. The maximum atomic E-state index is 12.9. The van der Waals surface area contributed by atoms with Crippen LogP contribution in [0.3, 0.4) is 0 Å². The van der Waals surface area contributed by atoms with Gasteiger partial charge in [-0.3, -0.25) is 4.90 Å². The van der Waals surface area contributed by atoms with Crippen LogP contribution < -0.4 is 10.2 Å². The van der Waals surface area contributed by atoms with Crippen molar-refractivity contribution in [1.29, 1.82) is 0 Å². The van der Waals surface area contributed by atoms with E-state index < -0.39 is 0 Å². The second kappa shape index (κ2) is 6.10. The van der Waals surface area contributed by atoms with Crippen molar-refractivity contribution in [2.24, 2.45) is 11.8 Å². The lowest BCUT2D eigenvalue weighted by Gasteiger charge is -2.40. The normalized spacial score (nSPS) is 22.6. The highest BCUT2D eigenvalue weighted by atomic mass is 19.1. The van der Waals surface area contributed by atoms with E-state index in [0.717, 1.165) is 43.7 Å². The molecule has 0 aromatic heterocycles. The zero-order valence-electron chi connectivity index (χ0n) is 12.2. The second-order valence-corrected chi connectivity index (χ2v) is 6.16. The van der Waals surface area contributed by atoms with Gasteiger partial charge in [-0.15, -0.1) is 0 Å². The minimum Gasteiger partial charge on any atom is -0.369 e. The van der Waals surface area contributed by atoms with Crippen LogP contribution in [0.25, 0.3) is 0 Å². The maximum absolute atomic E-state index is 12.9. The molecule has 0 spiro atoms. The van der Waals surface area contributed by atoms with Crippen molar-refractivity contribution in [1.82, 2.24) is 10.2 Å². The molecule has 0 aliphatic carbocycles. The molecule has 1 atom stereocenters. The lowest BCUT2D eigenvalue weighted by Crippen LogP contribution is -2.52. The average Bonchev–Trinajstić information content (AvgIpc) is 2.38. The summed E-state index contributed by atoms with van der Waals surface area (Å²) in [5.41, 5.74) is 1.14. The molecule has 2 aliphatic rings. The molecule has 0 saturated carbocycles. The molecule has 20 heavy (non-hydrogen) atoms. The molecule has 1 N–H and O–H groups in total. The molecular formula is C16H24FN3. The summed E-state index contributed by atoms with van der Waals surface area (Å²) >= 11 is 0. The van der Waals surface area contributed by atoms with Gasteiger partial charge >= 0.3 is 0 Å². The van der Waals surface area contributed by atoms with Gasteiger partial charge in [-0.1, -0.05) is 6.92 Å². The van der Waals surface area contributed by atoms with Crippen LogP contribution in [-0.4, -0.2) is 50.7 Å². The number of hydrogen-bond donors (Lipinski definition) is 1. The predicted octanol–water partition coefficient (Wildman–Crippen LogP) is 1.80. The molecule has 0 bridgehead atoms. The highest BCUT2D eigenvalue weighted by Gasteiger charge is 2.26. The Labute approximate surface area is 120 Å². The molecule has 2 fully saturated rings. The minimum atomic E-state index is -0.157. The summed E-state index contributed by atoms with van der Waals surface area (Å²) in [5.74, 6) is 1.49. The van der Waals surface area contributed by atoms with Gasteiger partial charge in [0, 0.05) is 38.4 Å². The van der Waals surface area contributed by atoms with Gasteiger partial charge in [-0.25, -0.2) is 4.39 Å². The van der Waals surface area contributed by atoms with Crippen molar-refractivity contribution in [2.75, 3.05) is 50.7 Å². The van der Waals surface area contributed by atoms with Crippen molar-refractivity contribution >= 4 is 5.69 Å². The van der Waals surface area contributed by atoms with E-state index in [1.165, 1.54) is 19.6 Å². The highest BCUT2D eigenvalue weighted by Crippen LogP contribution is 2.20. The zero-order valence-corrected chi connectivity index (χ0v) is 12.2. The molecule has 1 unspecified atom stereocenters. The van der Waals surface area contributed by atoms with Crippen molar-refractivity contribution in [3.63, 3.8) is 0 Å². The minimum absolute atomic E-state index is 0.157. The van der Waals surface area contributed by atoms with Crippen LogP contribution in [0.5, 0.6) is 0 Å². The van der Waals surface area contributed by atoms with Gasteiger partial charge in [0.2, 0.25) is 0 Å². The van der Waals surface area contributed by atoms with Gasteiger partial charge < -0.3 is 10.2 Å². The molecule has 1 aromatic carbocycles. The molecule has 2 aliphatic heterocycles. The SMILES string of the molecule is CC(CN1CCN(c2ccc(F)cc2)CC1)C1CNC1. The predicted molar refractivity (Wildman–Crippen MR) is 80.6 cm³/mol. The van der Waals surface area contributed by atoms with Crippen molar-refractivity contribution < 1.29 is 4.39 Å². The van der Waals surface area contributed by atoms with Crippen molar-refractivity contribution in [2.45, 2.75) is 6.92 Å². The van der Waals surface area contributed by atoms with E-state index in [4.69, 9.17) is 0 Å². The fourth-order valence-corrected chi connectivity index (χ4v) is 3.11. The number of piperazine rings is 1. The molecule has 1 aromatic rings. The first kappa shape index (κ1) is 13.8. The lowest BCUT2D eigenvalue weighted by molar-refractivity contribution is 0.160. The Kier molecular flexibility index (Phi) is 4.22. The number of benzene rings is 1. The third-order valence-corrected chi connectivity index (χ3v) is 4.73. The van der Waals surface area contributed by atoms with Crippen molar-refractivity contribution in [3.05, 3.63) is 30.1 Å². The van der Waals surface area contributed by atoms with E-state index >= 15 is 0 Å². The summed E-state index contributed by atoms with van der Waals surface area (Å²) in [6.07, 6.45) is 0. The van der Waals surface area contributed by atoms with E-state index in [9.17, 15) is 4.39 Å². The molecular weight excluding hydrogens is 253 g/mol. The molecule has 4 heteroatoms. The Morgan fingerprint density at radius 3 is 2.35 bits per heavy atom. The number of hydrogen-bond acceptors (Lipinski definition) is 3. The summed E-state index contributed by atoms with van der Waals surface area (Å²) in [5, 5.41) is 3.36. The van der Waals surface area contributed by atoms with Crippen LogP contribution in [0.4, 0.5) is 10.1 Å². The summed E-state index contributed by atoms with van der Waals surface area (Å²) < 4.78 is 12.9. The summed E-state index contributed by atoms with van der Waals surface area (Å²) in [6.45, 7) is 10.3.